The molecule has 0 aliphatic carbocycles. The van der Waals surface area contributed by atoms with E-state index in [1.165, 1.54) is 19.2 Å². The zero-order chi connectivity index (χ0) is 13.0. The van der Waals surface area contributed by atoms with E-state index in [9.17, 15) is 9.18 Å². The van der Waals surface area contributed by atoms with Crippen LogP contribution in [0.4, 0.5) is 4.39 Å². The molecule has 0 N–H and O–H groups in total. The fourth-order valence-electron chi connectivity index (χ4n) is 1.68. The maximum Gasteiger partial charge on any atom is 0.309 e. The highest BCUT2D eigenvalue weighted by Crippen LogP contribution is 2.23. The SMILES string of the molecule is COC(=O)C(Cc1cc(Cl)ccc1F)C(C)C. The average Bonchev–Trinajstić information content (AvgIpc) is 2.28. The first-order chi connectivity index (χ1) is 7.95. The van der Waals surface area contributed by atoms with Gasteiger partial charge in [0.05, 0.1) is 13.0 Å². The lowest BCUT2D eigenvalue weighted by atomic mass is 9.89. The summed E-state index contributed by atoms with van der Waals surface area (Å²) in [7, 11) is 1.34. The lowest BCUT2D eigenvalue weighted by molar-refractivity contribution is -0.146. The third-order valence-corrected chi connectivity index (χ3v) is 2.99. The third-order valence-electron chi connectivity index (χ3n) is 2.76. The molecule has 0 spiro atoms. The molecule has 0 radical (unpaired) electrons. The van der Waals surface area contributed by atoms with Crippen LogP contribution in [-0.2, 0) is 16.0 Å². The molecule has 1 aromatic carbocycles. The number of hydrogen-bond acceptors (Lipinski definition) is 2. The van der Waals surface area contributed by atoms with Crippen molar-refractivity contribution in [2.45, 2.75) is 20.3 Å². The van der Waals surface area contributed by atoms with Crippen LogP contribution in [-0.4, -0.2) is 13.1 Å². The van der Waals surface area contributed by atoms with Crippen LogP contribution in [0.25, 0.3) is 0 Å². The molecule has 2 nitrogen and oxygen atoms in total. The summed E-state index contributed by atoms with van der Waals surface area (Å²) >= 11 is 5.81. The molecule has 0 aliphatic heterocycles. The molecule has 0 aromatic heterocycles. The molecule has 0 fully saturated rings. The van der Waals surface area contributed by atoms with Crippen LogP contribution < -0.4 is 0 Å². The van der Waals surface area contributed by atoms with Crippen LogP contribution in [0.2, 0.25) is 5.02 Å². The standard InChI is InChI=1S/C13H16ClFO2/c1-8(2)11(13(16)17-3)7-9-6-10(14)4-5-12(9)15/h4-6,8,11H,7H2,1-3H3. The minimum absolute atomic E-state index is 0.0841. The average molecular weight is 259 g/mol. The van der Waals surface area contributed by atoms with Gasteiger partial charge < -0.3 is 4.74 Å². The fourth-order valence-corrected chi connectivity index (χ4v) is 1.87. The first-order valence-electron chi connectivity index (χ1n) is 5.47. The maximum atomic E-state index is 13.5. The topological polar surface area (TPSA) is 26.3 Å². The van der Waals surface area contributed by atoms with E-state index < -0.39 is 0 Å². The number of hydrogen-bond donors (Lipinski definition) is 0. The number of rotatable bonds is 4. The summed E-state index contributed by atoms with van der Waals surface area (Å²) < 4.78 is 18.3. The summed E-state index contributed by atoms with van der Waals surface area (Å²) in [4.78, 5) is 11.6. The number of carbonyl (C=O) groups excluding carboxylic acids is 1. The van der Waals surface area contributed by atoms with E-state index in [4.69, 9.17) is 16.3 Å². The minimum Gasteiger partial charge on any atom is -0.469 e. The summed E-state index contributed by atoms with van der Waals surface area (Å²) in [6, 6.07) is 4.35. The van der Waals surface area contributed by atoms with Gasteiger partial charge in [0.1, 0.15) is 5.82 Å². The van der Waals surface area contributed by atoms with Crippen molar-refractivity contribution in [1.82, 2.24) is 0 Å². The monoisotopic (exact) mass is 258 g/mol. The number of ether oxygens (including phenoxy) is 1. The Morgan fingerprint density at radius 1 is 1.47 bits per heavy atom. The molecule has 0 aliphatic rings. The second kappa shape index (κ2) is 6.01. The lowest BCUT2D eigenvalue weighted by Gasteiger charge is -2.18. The van der Waals surface area contributed by atoms with E-state index in [-0.39, 0.29) is 23.6 Å². The van der Waals surface area contributed by atoms with Crippen molar-refractivity contribution >= 4 is 17.6 Å². The van der Waals surface area contributed by atoms with E-state index in [1.807, 2.05) is 13.8 Å². The molecule has 0 heterocycles. The summed E-state index contributed by atoms with van der Waals surface area (Å²) in [6.45, 7) is 3.81. The number of methoxy groups -OCH3 is 1. The van der Waals surface area contributed by atoms with Crippen LogP contribution in [0.15, 0.2) is 18.2 Å². The molecular weight excluding hydrogens is 243 g/mol. The van der Waals surface area contributed by atoms with Gasteiger partial charge in [-0.15, -0.1) is 0 Å². The van der Waals surface area contributed by atoms with Gasteiger partial charge in [0.25, 0.3) is 0 Å². The highest BCUT2D eigenvalue weighted by molar-refractivity contribution is 6.30. The number of carbonyl (C=O) groups is 1. The summed E-state index contributed by atoms with van der Waals surface area (Å²) in [6.07, 6.45) is 0.302. The van der Waals surface area contributed by atoms with Gasteiger partial charge in [0.2, 0.25) is 0 Å². The van der Waals surface area contributed by atoms with E-state index in [2.05, 4.69) is 0 Å². The quantitative estimate of drug-likeness (QED) is 0.773. The van der Waals surface area contributed by atoms with Crippen LogP contribution >= 0.6 is 11.6 Å². The zero-order valence-corrected chi connectivity index (χ0v) is 10.9. The molecule has 4 heteroatoms. The lowest BCUT2D eigenvalue weighted by Crippen LogP contribution is -2.24. The maximum absolute atomic E-state index is 13.5. The Balaban J connectivity index is 2.93. The van der Waals surface area contributed by atoms with Gasteiger partial charge in [-0.25, -0.2) is 4.39 Å². The molecule has 0 saturated heterocycles. The van der Waals surface area contributed by atoms with E-state index >= 15 is 0 Å². The fraction of sp³-hybridized carbons (Fsp3) is 0.462. The van der Waals surface area contributed by atoms with Crippen molar-refractivity contribution in [3.05, 3.63) is 34.6 Å². The van der Waals surface area contributed by atoms with Gasteiger partial charge in [-0.1, -0.05) is 25.4 Å². The van der Waals surface area contributed by atoms with Crippen molar-refractivity contribution < 1.29 is 13.9 Å². The Labute approximate surface area is 106 Å². The molecule has 1 unspecified atom stereocenters. The van der Waals surface area contributed by atoms with Crippen molar-refractivity contribution in [2.24, 2.45) is 11.8 Å². The van der Waals surface area contributed by atoms with Gasteiger partial charge in [-0.05, 0) is 36.1 Å². The zero-order valence-electron chi connectivity index (χ0n) is 10.2. The minimum atomic E-state index is -0.354. The van der Waals surface area contributed by atoms with Crippen LogP contribution in [0.5, 0.6) is 0 Å². The summed E-state index contributed by atoms with van der Waals surface area (Å²) in [5, 5.41) is 0.466. The van der Waals surface area contributed by atoms with Gasteiger partial charge >= 0.3 is 5.97 Å². The molecule has 0 amide bonds. The van der Waals surface area contributed by atoms with Gasteiger partial charge in [-0.3, -0.25) is 4.79 Å². The van der Waals surface area contributed by atoms with Gasteiger partial charge in [0, 0.05) is 5.02 Å². The molecule has 0 bridgehead atoms. The van der Waals surface area contributed by atoms with Crippen LogP contribution in [0.1, 0.15) is 19.4 Å². The second-order valence-electron chi connectivity index (χ2n) is 4.31. The normalized spacial score (nSPS) is 12.6. The number of benzene rings is 1. The highest BCUT2D eigenvalue weighted by Gasteiger charge is 2.24. The molecule has 1 aromatic rings. The largest absolute Gasteiger partial charge is 0.469 e. The molecule has 94 valence electrons. The van der Waals surface area contributed by atoms with Gasteiger partial charge in [-0.2, -0.15) is 0 Å². The summed E-state index contributed by atoms with van der Waals surface area (Å²) in [5.74, 6) is -0.933. The predicted octanol–water partition coefficient (Wildman–Crippen LogP) is 3.47. The number of halogens is 2. The van der Waals surface area contributed by atoms with Crippen LogP contribution in [0.3, 0.4) is 0 Å². The Bertz CT molecular complexity index is 404. The van der Waals surface area contributed by atoms with Crippen molar-refractivity contribution in [1.29, 1.82) is 0 Å². The molecule has 1 atom stereocenters. The van der Waals surface area contributed by atoms with E-state index in [0.29, 0.717) is 17.0 Å². The Kier molecular flexibility index (Phi) is 4.94. The second-order valence-corrected chi connectivity index (χ2v) is 4.75. The molecule has 1 rings (SSSR count). The highest BCUT2D eigenvalue weighted by atomic mass is 35.5. The first-order valence-corrected chi connectivity index (χ1v) is 5.85. The van der Waals surface area contributed by atoms with E-state index in [0.717, 1.165) is 0 Å². The number of esters is 1. The van der Waals surface area contributed by atoms with Crippen molar-refractivity contribution in [3.8, 4) is 0 Å². The van der Waals surface area contributed by atoms with Crippen molar-refractivity contribution in [2.75, 3.05) is 7.11 Å². The smallest absolute Gasteiger partial charge is 0.309 e. The van der Waals surface area contributed by atoms with E-state index in [1.54, 1.807) is 6.07 Å². The molecular formula is C13H16ClFO2. The van der Waals surface area contributed by atoms with Gasteiger partial charge in [0.15, 0.2) is 0 Å². The third kappa shape index (κ3) is 3.70. The van der Waals surface area contributed by atoms with Crippen molar-refractivity contribution in [3.63, 3.8) is 0 Å². The predicted molar refractivity (Wildman–Crippen MR) is 65.5 cm³/mol. The first kappa shape index (κ1) is 14.0. The van der Waals surface area contributed by atoms with Crippen LogP contribution in [0, 0.1) is 17.7 Å². The summed E-state index contributed by atoms with van der Waals surface area (Å²) in [5.41, 5.74) is 0.446. The Morgan fingerprint density at radius 2 is 2.12 bits per heavy atom. The Hall–Kier alpha value is -1.09. The Morgan fingerprint density at radius 3 is 2.65 bits per heavy atom. The molecule has 17 heavy (non-hydrogen) atoms. The molecule has 0 saturated carbocycles.